The van der Waals surface area contributed by atoms with Crippen molar-refractivity contribution in [3.8, 4) is 5.75 Å². The van der Waals surface area contributed by atoms with Gasteiger partial charge in [-0.3, -0.25) is 0 Å². The zero-order valence-electron chi connectivity index (χ0n) is 12.7. The van der Waals surface area contributed by atoms with Crippen molar-refractivity contribution < 1.29 is 4.74 Å². The smallest absolute Gasteiger partial charge is 0.123 e. The van der Waals surface area contributed by atoms with E-state index < -0.39 is 0 Å². The van der Waals surface area contributed by atoms with Crippen molar-refractivity contribution in [1.82, 2.24) is 5.32 Å². The summed E-state index contributed by atoms with van der Waals surface area (Å²) in [5.41, 5.74) is 2.57. The lowest BCUT2D eigenvalue weighted by Gasteiger charge is -2.30. The summed E-state index contributed by atoms with van der Waals surface area (Å²) in [6.07, 6.45) is 5.32. The van der Waals surface area contributed by atoms with Crippen molar-refractivity contribution in [1.29, 1.82) is 0 Å². The predicted octanol–water partition coefficient (Wildman–Crippen LogP) is 4.23. The summed E-state index contributed by atoms with van der Waals surface area (Å²) in [4.78, 5) is 0. The van der Waals surface area contributed by atoms with E-state index in [-0.39, 0.29) is 0 Å². The van der Waals surface area contributed by atoms with Crippen LogP contribution in [0.15, 0.2) is 18.2 Å². The molecule has 1 saturated carbocycles. The molecule has 1 unspecified atom stereocenters. The normalized spacial score (nSPS) is 25.1. The lowest BCUT2D eigenvalue weighted by Crippen LogP contribution is -2.34. The zero-order valence-corrected chi connectivity index (χ0v) is 12.7. The second-order valence-corrected chi connectivity index (χ2v) is 6.09. The number of rotatable bonds is 4. The maximum atomic E-state index is 5.49. The van der Waals surface area contributed by atoms with Crippen LogP contribution in [-0.4, -0.2) is 13.2 Å². The Morgan fingerprint density at radius 1 is 1.21 bits per heavy atom. The minimum atomic E-state index is 0.355. The highest BCUT2D eigenvalue weighted by Crippen LogP contribution is 2.29. The molecule has 1 N–H and O–H groups in total. The van der Waals surface area contributed by atoms with Gasteiger partial charge in [0.2, 0.25) is 0 Å². The Bertz CT molecular complexity index is 408. The maximum Gasteiger partial charge on any atom is 0.123 e. The van der Waals surface area contributed by atoms with Crippen LogP contribution in [0.3, 0.4) is 0 Å². The van der Waals surface area contributed by atoms with Crippen LogP contribution in [0.25, 0.3) is 0 Å². The van der Waals surface area contributed by atoms with Gasteiger partial charge in [0.05, 0.1) is 7.11 Å². The van der Waals surface area contributed by atoms with Crippen molar-refractivity contribution in [3.05, 3.63) is 29.3 Å². The molecule has 1 aromatic carbocycles. The van der Waals surface area contributed by atoms with E-state index in [0.717, 1.165) is 11.7 Å². The molecule has 2 heteroatoms. The molecule has 1 aromatic rings. The van der Waals surface area contributed by atoms with Crippen LogP contribution >= 0.6 is 0 Å². The molecule has 0 bridgehead atoms. The highest BCUT2D eigenvalue weighted by atomic mass is 16.5. The molecule has 0 aromatic heterocycles. The van der Waals surface area contributed by atoms with Gasteiger partial charge in [0.1, 0.15) is 5.75 Å². The van der Waals surface area contributed by atoms with Crippen molar-refractivity contribution in [2.45, 2.75) is 58.5 Å². The van der Waals surface area contributed by atoms with Gasteiger partial charge < -0.3 is 10.1 Å². The quantitative estimate of drug-likeness (QED) is 0.875. The summed E-state index contributed by atoms with van der Waals surface area (Å²) in [6.45, 7) is 6.75. The fourth-order valence-electron chi connectivity index (χ4n) is 3.06. The van der Waals surface area contributed by atoms with Gasteiger partial charge in [-0.15, -0.1) is 0 Å². The molecular weight excluding hydrogens is 234 g/mol. The predicted molar refractivity (Wildman–Crippen MR) is 80.7 cm³/mol. The second kappa shape index (κ2) is 6.42. The highest BCUT2D eigenvalue weighted by Gasteiger charge is 2.21. The Morgan fingerprint density at radius 2 is 1.89 bits per heavy atom. The largest absolute Gasteiger partial charge is 0.496 e. The van der Waals surface area contributed by atoms with E-state index in [1.807, 2.05) is 0 Å². The standard InChI is InChI=1S/C17H27NO/c1-12-5-8-15(9-6-12)18-14(3)16-11-13(2)7-10-17(16)19-4/h7,10-12,14-15,18H,5-6,8-9H2,1-4H3. The van der Waals surface area contributed by atoms with E-state index in [1.54, 1.807) is 7.11 Å². The van der Waals surface area contributed by atoms with Gasteiger partial charge in [-0.05, 0) is 51.5 Å². The number of aryl methyl sites for hydroxylation is 1. The van der Waals surface area contributed by atoms with Crippen molar-refractivity contribution in [2.24, 2.45) is 5.92 Å². The summed E-state index contributed by atoms with van der Waals surface area (Å²) in [7, 11) is 1.75. The summed E-state index contributed by atoms with van der Waals surface area (Å²) in [5, 5.41) is 3.78. The van der Waals surface area contributed by atoms with Crippen LogP contribution in [0.4, 0.5) is 0 Å². The molecule has 0 radical (unpaired) electrons. The Kier molecular flexibility index (Phi) is 4.87. The number of ether oxygens (including phenoxy) is 1. The van der Waals surface area contributed by atoms with Gasteiger partial charge in [-0.1, -0.05) is 24.6 Å². The first-order chi connectivity index (χ1) is 9.10. The van der Waals surface area contributed by atoms with Gasteiger partial charge in [0.15, 0.2) is 0 Å². The molecule has 0 aliphatic heterocycles. The third kappa shape index (κ3) is 3.73. The summed E-state index contributed by atoms with van der Waals surface area (Å²) >= 11 is 0. The van der Waals surface area contributed by atoms with Crippen LogP contribution in [0.2, 0.25) is 0 Å². The van der Waals surface area contributed by atoms with Crippen LogP contribution in [0, 0.1) is 12.8 Å². The average molecular weight is 261 g/mol. The number of hydrogen-bond acceptors (Lipinski definition) is 2. The minimum Gasteiger partial charge on any atom is -0.496 e. The van der Waals surface area contributed by atoms with Crippen LogP contribution < -0.4 is 10.1 Å². The lowest BCUT2D eigenvalue weighted by atomic mass is 9.87. The van der Waals surface area contributed by atoms with E-state index in [2.05, 4.69) is 44.3 Å². The topological polar surface area (TPSA) is 21.3 Å². The molecule has 0 saturated heterocycles. The number of methoxy groups -OCH3 is 1. The molecule has 1 aliphatic rings. The van der Waals surface area contributed by atoms with Crippen LogP contribution in [-0.2, 0) is 0 Å². The van der Waals surface area contributed by atoms with E-state index in [1.165, 1.54) is 36.8 Å². The first kappa shape index (κ1) is 14.4. The van der Waals surface area contributed by atoms with Gasteiger partial charge in [0.25, 0.3) is 0 Å². The summed E-state index contributed by atoms with van der Waals surface area (Å²) < 4.78 is 5.49. The third-order valence-corrected chi connectivity index (χ3v) is 4.35. The zero-order chi connectivity index (χ0) is 13.8. The molecule has 2 nitrogen and oxygen atoms in total. The Labute approximate surface area is 117 Å². The summed E-state index contributed by atoms with van der Waals surface area (Å²) in [5.74, 6) is 1.90. The minimum absolute atomic E-state index is 0.355. The van der Waals surface area contributed by atoms with Crippen molar-refractivity contribution >= 4 is 0 Å². The average Bonchev–Trinajstić information content (AvgIpc) is 2.41. The van der Waals surface area contributed by atoms with Gasteiger partial charge in [-0.25, -0.2) is 0 Å². The number of benzene rings is 1. The third-order valence-electron chi connectivity index (χ3n) is 4.35. The fraction of sp³-hybridized carbons (Fsp3) is 0.647. The van der Waals surface area contributed by atoms with E-state index in [9.17, 15) is 0 Å². The van der Waals surface area contributed by atoms with Crippen LogP contribution in [0.5, 0.6) is 5.75 Å². The molecule has 2 rings (SSSR count). The first-order valence-corrected chi connectivity index (χ1v) is 7.50. The highest BCUT2D eigenvalue weighted by molar-refractivity contribution is 5.38. The molecule has 0 spiro atoms. The molecule has 1 aliphatic carbocycles. The van der Waals surface area contributed by atoms with Gasteiger partial charge in [0, 0.05) is 17.6 Å². The SMILES string of the molecule is COc1ccc(C)cc1C(C)NC1CCC(C)CC1. The van der Waals surface area contributed by atoms with Crippen molar-refractivity contribution in [3.63, 3.8) is 0 Å². The fourth-order valence-corrected chi connectivity index (χ4v) is 3.06. The van der Waals surface area contributed by atoms with Crippen LogP contribution in [0.1, 0.15) is 56.7 Å². The number of nitrogens with one attached hydrogen (secondary N) is 1. The molecule has 0 amide bonds. The summed E-state index contributed by atoms with van der Waals surface area (Å²) in [6, 6.07) is 7.44. The van der Waals surface area contributed by atoms with Gasteiger partial charge >= 0.3 is 0 Å². The molecule has 1 fully saturated rings. The van der Waals surface area contributed by atoms with E-state index in [0.29, 0.717) is 12.1 Å². The number of hydrogen-bond donors (Lipinski definition) is 1. The van der Waals surface area contributed by atoms with Gasteiger partial charge in [-0.2, -0.15) is 0 Å². The molecule has 0 heterocycles. The van der Waals surface area contributed by atoms with E-state index in [4.69, 9.17) is 4.74 Å². The Balaban J connectivity index is 2.03. The monoisotopic (exact) mass is 261 g/mol. The molecule has 19 heavy (non-hydrogen) atoms. The van der Waals surface area contributed by atoms with Crippen molar-refractivity contribution in [2.75, 3.05) is 7.11 Å². The lowest BCUT2D eigenvalue weighted by molar-refractivity contribution is 0.289. The second-order valence-electron chi connectivity index (χ2n) is 6.09. The van der Waals surface area contributed by atoms with E-state index >= 15 is 0 Å². The Morgan fingerprint density at radius 3 is 2.53 bits per heavy atom. The molecular formula is C17H27NO. The first-order valence-electron chi connectivity index (χ1n) is 7.50. The Hall–Kier alpha value is -1.02. The maximum absolute atomic E-state index is 5.49. The molecule has 1 atom stereocenters. The molecule has 106 valence electrons.